The Balaban J connectivity index is 2.21. The van der Waals surface area contributed by atoms with E-state index in [1.807, 2.05) is 0 Å². The minimum atomic E-state index is -2.60. The third-order valence-corrected chi connectivity index (χ3v) is 2.79. The van der Waals surface area contributed by atoms with Gasteiger partial charge in [0.2, 0.25) is 0 Å². The Morgan fingerprint density at radius 1 is 1.38 bits per heavy atom. The van der Waals surface area contributed by atoms with Crippen molar-refractivity contribution in [2.24, 2.45) is 7.05 Å². The molecule has 1 saturated heterocycles. The summed E-state index contributed by atoms with van der Waals surface area (Å²) in [5.41, 5.74) is -0.243. The van der Waals surface area contributed by atoms with Gasteiger partial charge in [-0.05, 0) is 0 Å². The van der Waals surface area contributed by atoms with Crippen LogP contribution in [0.1, 0.15) is 12.8 Å². The largest absolute Gasteiger partial charge is 0.352 e. The fraction of sp³-hybridized carbons (Fsp3) is 0.600. The van der Waals surface area contributed by atoms with Crippen LogP contribution in [0.3, 0.4) is 0 Å². The Hall–Kier alpha value is -1.46. The number of halogens is 2. The zero-order valence-electron chi connectivity index (χ0n) is 8.99. The number of aromatic nitrogens is 2. The molecule has 0 unspecified atom stereocenters. The zero-order valence-corrected chi connectivity index (χ0v) is 8.99. The Labute approximate surface area is 91.5 Å². The van der Waals surface area contributed by atoms with E-state index in [2.05, 4.69) is 4.98 Å². The molecule has 6 heteroatoms. The van der Waals surface area contributed by atoms with Crippen molar-refractivity contribution in [1.82, 2.24) is 9.55 Å². The molecule has 88 valence electrons. The number of anilines is 1. The number of rotatable bonds is 1. The van der Waals surface area contributed by atoms with Crippen molar-refractivity contribution in [2.75, 3.05) is 18.0 Å². The fourth-order valence-corrected chi connectivity index (χ4v) is 1.75. The second-order valence-corrected chi connectivity index (χ2v) is 4.01. The maximum absolute atomic E-state index is 12.9. The van der Waals surface area contributed by atoms with E-state index in [1.54, 1.807) is 18.1 Å². The molecule has 1 aliphatic rings. The van der Waals surface area contributed by atoms with E-state index in [0.29, 0.717) is 0 Å². The summed E-state index contributed by atoms with van der Waals surface area (Å²) in [7, 11) is 1.62. The highest BCUT2D eigenvalue weighted by molar-refractivity contribution is 5.36. The molecule has 16 heavy (non-hydrogen) atoms. The molecule has 0 aliphatic carbocycles. The lowest BCUT2D eigenvalue weighted by molar-refractivity contribution is -0.0222. The minimum absolute atomic E-state index is 0.180. The number of aryl methyl sites for hydroxylation is 1. The Morgan fingerprint density at radius 2 is 2.00 bits per heavy atom. The highest BCUT2D eigenvalue weighted by Gasteiger charge is 2.35. The lowest BCUT2D eigenvalue weighted by Crippen LogP contribution is -2.42. The summed E-state index contributed by atoms with van der Waals surface area (Å²) >= 11 is 0. The van der Waals surface area contributed by atoms with E-state index in [9.17, 15) is 13.6 Å². The molecule has 0 saturated carbocycles. The van der Waals surface area contributed by atoms with Gasteiger partial charge < -0.3 is 9.47 Å². The monoisotopic (exact) mass is 229 g/mol. The van der Waals surface area contributed by atoms with Crippen molar-refractivity contribution in [1.29, 1.82) is 0 Å². The normalized spacial score (nSPS) is 19.8. The molecule has 1 aromatic heterocycles. The van der Waals surface area contributed by atoms with Gasteiger partial charge in [0.1, 0.15) is 0 Å². The van der Waals surface area contributed by atoms with Crippen LogP contribution in [-0.4, -0.2) is 28.6 Å². The molecule has 0 aromatic carbocycles. The fourth-order valence-electron chi connectivity index (χ4n) is 1.75. The molecule has 0 atom stereocenters. The van der Waals surface area contributed by atoms with E-state index < -0.39 is 5.92 Å². The molecule has 2 rings (SSSR count). The van der Waals surface area contributed by atoms with E-state index in [0.717, 1.165) is 0 Å². The van der Waals surface area contributed by atoms with Crippen LogP contribution in [0.4, 0.5) is 14.6 Å². The predicted molar refractivity (Wildman–Crippen MR) is 55.9 cm³/mol. The van der Waals surface area contributed by atoms with Gasteiger partial charge in [-0.25, -0.2) is 13.8 Å². The summed E-state index contributed by atoms with van der Waals surface area (Å²) in [6, 6.07) is 0. The molecule has 1 aromatic rings. The van der Waals surface area contributed by atoms with Crippen molar-refractivity contribution >= 4 is 5.82 Å². The first kappa shape index (κ1) is 11.0. The summed E-state index contributed by atoms with van der Waals surface area (Å²) in [4.78, 5) is 17.3. The Bertz CT molecular complexity index is 434. The van der Waals surface area contributed by atoms with E-state index in [4.69, 9.17) is 0 Å². The predicted octanol–water partition coefficient (Wildman–Crippen LogP) is 1.02. The quantitative estimate of drug-likeness (QED) is 0.721. The molecule has 0 N–H and O–H groups in total. The van der Waals surface area contributed by atoms with Crippen LogP contribution in [0.15, 0.2) is 17.2 Å². The Morgan fingerprint density at radius 3 is 2.62 bits per heavy atom. The van der Waals surface area contributed by atoms with Gasteiger partial charge in [0.25, 0.3) is 11.5 Å². The smallest absolute Gasteiger partial charge is 0.293 e. The number of nitrogens with zero attached hydrogens (tertiary/aromatic N) is 3. The summed E-state index contributed by atoms with van der Waals surface area (Å²) in [6.07, 6.45) is 2.62. The third kappa shape index (κ3) is 2.05. The van der Waals surface area contributed by atoms with Gasteiger partial charge in [0.15, 0.2) is 5.82 Å². The average molecular weight is 229 g/mol. The highest BCUT2D eigenvalue weighted by atomic mass is 19.3. The minimum Gasteiger partial charge on any atom is -0.352 e. The first-order chi connectivity index (χ1) is 7.49. The van der Waals surface area contributed by atoms with Gasteiger partial charge in [-0.3, -0.25) is 4.79 Å². The van der Waals surface area contributed by atoms with Crippen LogP contribution in [-0.2, 0) is 7.05 Å². The van der Waals surface area contributed by atoms with Crippen molar-refractivity contribution in [3.8, 4) is 0 Å². The summed E-state index contributed by atoms with van der Waals surface area (Å²) in [5.74, 6) is -2.34. The maximum atomic E-state index is 12.9. The van der Waals surface area contributed by atoms with Crippen LogP contribution in [0.2, 0.25) is 0 Å². The number of hydrogen-bond donors (Lipinski definition) is 0. The van der Waals surface area contributed by atoms with Gasteiger partial charge in [-0.2, -0.15) is 0 Å². The topological polar surface area (TPSA) is 38.1 Å². The molecule has 0 spiro atoms. The molecular formula is C10H13F2N3O. The lowest BCUT2D eigenvalue weighted by atomic mass is 10.1. The number of piperidine rings is 1. The van der Waals surface area contributed by atoms with E-state index >= 15 is 0 Å². The van der Waals surface area contributed by atoms with Crippen LogP contribution in [0.25, 0.3) is 0 Å². The van der Waals surface area contributed by atoms with Crippen LogP contribution in [0, 0.1) is 0 Å². The lowest BCUT2D eigenvalue weighted by Gasteiger charge is -2.31. The molecule has 2 heterocycles. The van der Waals surface area contributed by atoms with Gasteiger partial charge in [0, 0.05) is 45.4 Å². The van der Waals surface area contributed by atoms with E-state index in [-0.39, 0.29) is 37.3 Å². The number of hydrogen-bond acceptors (Lipinski definition) is 3. The van der Waals surface area contributed by atoms with Crippen LogP contribution in [0.5, 0.6) is 0 Å². The molecule has 1 fully saturated rings. The Kier molecular flexibility index (Phi) is 2.65. The summed E-state index contributed by atoms with van der Waals surface area (Å²) < 4.78 is 27.3. The summed E-state index contributed by atoms with van der Waals surface area (Å²) in [5, 5.41) is 0. The van der Waals surface area contributed by atoms with Crippen molar-refractivity contribution in [3.63, 3.8) is 0 Å². The highest BCUT2D eigenvalue weighted by Crippen LogP contribution is 2.28. The third-order valence-electron chi connectivity index (χ3n) is 2.79. The average Bonchev–Trinajstić information content (AvgIpc) is 2.23. The molecular weight excluding hydrogens is 216 g/mol. The van der Waals surface area contributed by atoms with Gasteiger partial charge in [-0.15, -0.1) is 0 Å². The van der Waals surface area contributed by atoms with Crippen LogP contribution < -0.4 is 10.5 Å². The van der Waals surface area contributed by atoms with Crippen molar-refractivity contribution < 1.29 is 8.78 Å². The summed E-state index contributed by atoms with van der Waals surface area (Å²) in [6.45, 7) is 0.360. The maximum Gasteiger partial charge on any atom is 0.293 e. The van der Waals surface area contributed by atoms with Gasteiger partial charge >= 0.3 is 0 Å². The SMILES string of the molecule is Cn1ccnc(N2CCC(F)(F)CC2)c1=O. The molecule has 1 aliphatic heterocycles. The second kappa shape index (κ2) is 3.84. The molecule has 4 nitrogen and oxygen atoms in total. The first-order valence-corrected chi connectivity index (χ1v) is 5.14. The van der Waals surface area contributed by atoms with Crippen molar-refractivity contribution in [2.45, 2.75) is 18.8 Å². The van der Waals surface area contributed by atoms with Crippen molar-refractivity contribution in [3.05, 3.63) is 22.7 Å². The van der Waals surface area contributed by atoms with Crippen LogP contribution >= 0.6 is 0 Å². The molecule has 0 bridgehead atoms. The van der Waals surface area contributed by atoms with E-state index in [1.165, 1.54) is 10.8 Å². The molecule has 0 amide bonds. The zero-order chi connectivity index (χ0) is 11.8. The standard InChI is InChI=1S/C10H13F2N3O/c1-14-7-4-13-8(9(14)16)15-5-2-10(11,12)3-6-15/h4,7H,2-3,5-6H2,1H3. The second-order valence-electron chi connectivity index (χ2n) is 4.01. The molecule has 0 radical (unpaired) electrons. The number of alkyl halides is 2. The van der Waals surface area contributed by atoms with Gasteiger partial charge in [-0.1, -0.05) is 0 Å². The van der Waals surface area contributed by atoms with Gasteiger partial charge in [0.05, 0.1) is 0 Å². The first-order valence-electron chi connectivity index (χ1n) is 5.14.